The molecule has 662 valence electrons. The minimum absolute atomic E-state index is 0.234. The van der Waals surface area contributed by atoms with Crippen LogP contribution in [0.5, 0.6) is 17.6 Å². The molecule has 7 aromatic rings. The van der Waals surface area contributed by atoms with Crippen LogP contribution in [0.3, 0.4) is 0 Å². The summed E-state index contributed by atoms with van der Waals surface area (Å²) in [4.78, 5) is 65.2. The van der Waals surface area contributed by atoms with Gasteiger partial charge in [-0.2, -0.15) is 29.0 Å². The maximum Gasteiger partial charge on any atom is 0.411 e. The van der Waals surface area contributed by atoms with Crippen molar-refractivity contribution in [3.8, 4) is 35.8 Å². The average Bonchev–Trinajstić information content (AvgIpc) is 0.846. The fourth-order valence-electron chi connectivity index (χ4n) is 11.7. The number of carbonyl (C=O) groups is 3. The number of likely N-dealkylation sites (tertiary alicyclic amines) is 3. The van der Waals surface area contributed by atoms with Crippen LogP contribution in [-0.4, -0.2) is 224 Å². The molecule has 0 bridgehead atoms. The second kappa shape index (κ2) is 50.0. The lowest BCUT2D eigenvalue weighted by molar-refractivity contribution is -0.159. The van der Waals surface area contributed by atoms with E-state index in [-0.39, 0.29) is 35.4 Å². The fraction of sp³-hybridized carbons (Fsp3) is 0.570. The summed E-state index contributed by atoms with van der Waals surface area (Å²) in [6.07, 6.45) is 15.2. The second-order valence-electron chi connectivity index (χ2n) is 31.0. The zero-order valence-electron chi connectivity index (χ0n) is 70.7. The molecule has 37 nitrogen and oxygen atoms in total. The maximum absolute atomic E-state index is 12.3. The molecule has 0 unspecified atom stereocenters. The summed E-state index contributed by atoms with van der Waals surface area (Å²) in [5.41, 5.74) is 7.53. The number of nitrogens with one attached hydrogen (secondary N) is 6. The first kappa shape index (κ1) is 99.3. The smallest absolute Gasteiger partial charge is 0.411 e. The quantitative estimate of drug-likeness (QED) is 0.0292. The highest BCUT2D eigenvalue weighted by Gasteiger charge is 2.31. The first-order valence-electron chi connectivity index (χ1n) is 39.9. The number of nitrogens with zero attached hydrogens (tertiary/aromatic N) is 20. The number of anilines is 9. The molecule has 0 aromatic carbocycles. The molecule has 1 aliphatic carbocycles. The Morgan fingerprint density at radius 1 is 0.443 bits per heavy atom. The number of nitrogen functional groups attached to an aromatic ring is 1. The lowest BCUT2D eigenvalue weighted by Gasteiger charge is -2.33. The molecule has 3 aliphatic heterocycles. The maximum atomic E-state index is 12.3. The predicted molar refractivity (Wildman–Crippen MR) is 453 cm³/mol. The molecular weight excluding hydrogens is 1650 g/mol. The number of hydrogen-bond acceptors (Lipinski definition) is 34. The molecule has 0 radical (unpaired) electrons. The largest absolute Gasteiger partial charge is 0.475 e. The van der Waals surface area contributed by atoms with Gasteiger partial charge in [0.05, 0.1) is 62.7 Å². The van der Waals surface area contributed by atoms with Gasteiger partial charge < -0.3 is 85.9 Å². The van der Waals surface area contributed by atoms with Crippen molar-refractivity contribution in [3.63, 3.8) is 0 Å². The van der Waals surface area contributed by atoms with Crippen molar-refractivity contribution in [1.29, 1.82) is 15.8 Å². The molecule has 7 aromatic heterocycles. The van der Waals surface area contributed by atoms with E-state index in [0.717, 1.165) is 69.5 Å². The Balaban J connectivity index is 0.000000239. The Kier molecular flexibility index (Phi) is 40.7. The molecule has 4 fully saturated rings. The van der Waals surface area contributed by atoms with E-state index in [2.05, 4.69) is 103 Å². The molecule has 4 aliphatic rings. The van der Waals surface area contributed by atoms with Crippen molar-refractivity contribution in [1.82, 2.24) is 85.4 Å². The van der Waals surface area contributed by atoms with Crippen LogP contribution in [0.1, 0.15) is 171 Å². The van der Waals surface area contributed by atoms with Gasteiger partial charge in [0.1, 0.15) is 76.1 Å². The molecule has 11 rings (SSSR count). The van der Waals surface area contributed by atoms with Crippen LogP contribution >= 0.6 is 34.8 Å². The van der Waals surface area contributed by atoms with Crippen LogP contribution in [0, 0.1) is 57.7 Å². The Labute approximate surface area is 723 Å². The van der Waals surface area contributed by atoms with Gasteiger partial charge in [-0.15, -0.1) is 40.8 Å². The van der Waals surface area contributed by atoms with Crippen LogP contribution < -0.4 is 51.8 Å². The highest BCUT2D eigenvalue weighted by atomic mass is 35.5. The van der Waals surface area contributed by atoms with Gasteiger partial charge in [-0.25, -0.2) is 44.3 Å². The van der Waals surface area contributed by atoms with Crippen LogP contribution in [0.15, 0.2) is 61.4 Å². The van der Waals surface area contributed by atoms with Crippen molar-refractivity contribution < 1.29 is 61.1 Å². The number of halogens is 6. The molecule has 3 amide bonds. The van der Waals surface area contributed by atoms with Crippen LogP contribution in [0.2, 0.25) is 15.5 Å². The number of carbonyl (C=O) groups excluding carboxylic acids is 3. The summed E-state index contributed by atoms with van der Waals surface area (Å²) in [6, 6.07) is 12.7. The summed E-state index contributed by atoms with van der Waals surface area (Å²) >= 11 is 17.7. The molecule has 0 spiro atoms. The van der Waals surface area contributed by atoms with E-state index in [1.807, 2.05) is 107 Å². The molecule has 1 saturated carbocycles. The Hall–Kier alpha value is -11.5. The van der Waals surface area contributed by atoms with Crippen LogP contribution in [0.4, 0.5) is 79.4 Å². The minimum atomic E-state index is -4.40. The van der Waals surface area contributed by atoms with Crippen molar-refractivity contribution in [2.75, 3.05) is 130 Å². The monoisotopic (exact) mass is 1760 g/mol. The van der Waals surface area contributed by atoms with Gasteiger partial charge in [-0.05, 0) is 158 Å². The predicted octanol–water partition coefficient (Wildman–Crippen LogP) is 14.5. The standard InChI is InChI=1S/C22H30N8O3.C18H23N7O.C17H27ClN4O3.C15H22Cl2N4O2.C5H4N4.C2H3F3O/c1-5-32-20-17(10-18(28-29-20)27-19-14-24-16(11-23)13-26-19)25-12-15-6-8-30(9-7-15)21(31)33-22(2,3)4;1-2-26-18-15(21-10-13-6-4-3-5-7-13)8-16(24-25-18)23-17-12-20-14(9-19)11-22-17;1-5-24-15-13(10-14(18)20-21-15)19-11-12-6-8-22(9-7-12)16(23)25-17(2,3)4;1-15(2,3)23-14(22)21-6-4-10(5-7-21)9-18-11-8-12(16)19-20-13(11)17;6-1-4-2-9-5(7)3-8-4;3-2(4,5)1-6/h10,13-15H,5-9,12H2,1-4H3,(H2,25,26,27,28);8,11-13H,2-7,10H2,1H3,(H2,21,22,23,24);10,12H,5-9,11H2,1-4H3,(H,19,20);8,10H,4-7,9H2,1-3H3,(H,18,19);2-3H,(H2,7,9);6H,1H2. The van der Waals surface area contributed by atoms with Gasteiger partial charge in [-0.1, -0.05) is 54.1 Å². The molecule has 122 heavy (non-hydrogen) atoms. The van der Waals surface area contributed by atoms with E-state index < -0.39 is 29.6 Å². The van der Waals surface area contributed by atoms with E-state index in [1.165, 1.54) is 69.3 Å². The number of ether oxygens (including phenoxy) is 6. The summed E-state index contributed by atoms with van der Waals surface area (Å²) in [7, 11) is 0. The molecule has 9 N–H and O–H groups in total. The van der Waals surface area contributed by atoms with Crippen molar-refractivity contribution in [2.24, 2.45) is 23.7 Å². The van der Waals surface area contributed by atoms with Crippen molar-refractivity contribution >= 4 is 105 Å². The molecule has 10 heterocycles. The zero-order chi connectivity index (χ0) is 89.4. The number of piperidine rings is 3. The fourth-order valence-corrected chi connectivity index (χ4v) is 12.2. The van der Waals surface area contributed by atoms with Gasteiger partial charge in [0.15, 0.2) is 44.2 Å². The van der Waals surface area contributed by atoms with Gasteiger partial charge in [0.25, 0.3) is 17.6 Å². The number of aromatic nitrogens is 14. The number of aliphatic hydroxyl groups excluding tert-OH is 1. The van der Waals surface area contributed by atoms with E-state index in [4.69, 9.17) is 89.8 Å². The third-order valence-corrected chi connectivity index (χ3v) is 18.3. The third kappa shape index (κ3) is 38.0. The molecule has 0 atom stereocenters. The van der Waals surface area contributed by atoms with Crippen LogP contribution in [-0.2, 0) is 14.2 Å². The zero-order valence-corrected chi connectivity index (χ0v) is 72.9. The van der Waals surface area contributed by atoms with Crippen molar-refractivity contribution in [2.45, 2.75) is 177 Å². The molecule has 43 heteroatoms. The normalized spacial score (nSPS) is 14.5. The van der Waals surface area contributed by atoms with Gasteiger partial charge in [0, 0.05) is 89.7 Å². The topological polar surface area (TPSA) is 487 Å². The number of nitriles is 3. The Bertz CT molecular complexity index is 4490. The first-order valence-corrected chi connectivity index (χ1v) is 41.0. The minimum Gasteiger partial charge on any atom is -0.475 e. The number of rotatable bonds is 22. The van der Waals surface area contributed by atoms with E-state index in [9.17, 15) is 27.6 Å². The Morgan fingerprint density at radius 2 is 0.754 bits per heavy atom. The SMILES string of the molecule is CC(C)(C)OC(=O)N1CCC(CNc2cc(Cl)nnc2Cl)CC1.CCOc1nnc(Cl)cc1NCC1CCN(C(=O)OC(C)(C)C)CC1.CCOc1nnc(Nc2cnc(C#N)cn2)cc1NCC1CCCCC1.CCOc1nnc(Nc2cnc(C#N)cn2)cc1NCC1CCN(C(=O)OC(C)(C)C)CC1.N#Cc1cnc(N)cn1.OCC(F)(F)F. The van der Waals surface area contributed by atoms with Gasteiger partial charge in [0.2, 0.25) is 0 Å². The summed E-state index contributed by atoms with van der Waals surface area (Å²) in [5.74, 6) is 5.66. The van der Waals surface area contributed by atoms with E-state index >= 15 is 0 Å². The van der Waals surface area contributed by atoms with E-state index in [1.54, 1.807) is 32.9 Å². The number of alkyl halides is 3. The van der Waals surface area contributed by atoms with Gasteiger partial charge >= 0.3 is 24.5 Å². The average molecular weight is 1760 g/mol. The number of nitrogens with two attached hydrogens (primary N) is 1. The summed E-state index contributed by atoms with van der Waals surface area (Å²) < 4.78 is 64.5. The lowest BCUT2D eigenvalue weighted by atomic mass is 9.89. The third-order valence-electron chi connectivity index (χ3n) is 17.7. The number of hydrogen-bond donors (Lipinski definition) is 8. The highest BCUT2D eigenvalue weighted by Crippen LogP contribution is 2.33. The molecular formula is C79H109Cl3F3N27O10. The Morgan fingerprint density at radius 3 is 1.07 bits per heavy atom. The second-order valence-corrected chi connectivity index (χ2v) is 32.1. The number of aliphatic hydroxyl groups is 1. The van der Waals surface area contributed by atoms with E-state index in [0.29, 0.717) is 163 Å². The number of amides is 3. The summed E-state index contributed by atoms with van der Waals surface area (Å²) in [5, 5.41) is 85.4. The van der Waals surface area contributed by atoms with Gasteiger partial charge in [-0.3, -0.25) is 0 Å². The van der Waals surface area contributed by atoms with Crippen molar-refractivity contribution in [3.05, 3.63) is 94.0 Å². The van der Waals surface area contributed by atoms with Crippen LogP contribution in [0.25, 0.3) is 0 Å². The lowest BCUT2D eigenvalue weighted by Crippen LogP contribution is -2.42. The highest BCUT2D eigenvalue weighted by molar-refractivity contribution is 6.33. The first-order chi connectivity index (χ1) is 58.0. The molecule has 3 saturated heterocycles. The summed E-state index contributed by atoms with van der Waals surface area (Å²) in [6.45, 7) is 29.6.